The number of fused-ring (bicyclic) bond motifs is 1. The third kappa shape index (κ3) is 3.35. The molecule has 21 heavy (non-hydrogen) atoms. The maximum atomic E-state index is 12.0. The minimum atomic E-state index is -0.497. The molecule has 1 aliphatic rings. The van der Waals surface area contributed by atoms with Crippen molar-refractivity contribution in [3.05, 3.63) is 18.2 Å². The van der Waals surface area contributed by atoms with E-state index in [9.17, 15) is 9.59 Å². The largest absolute Gasteiger partial charge is 0.479 e. The highest BCUT2D eigenvalue weighted by Gasteiger charge is 2.30. The number of amides is 2. The quantitative estimate of drug-likeness (QED) is 0.907. The molecule has 0 aliphatic carbocycles. The summed E-state index contributed by atoms with van der Waals surface area (Å²) in [6, 6.07) is 5.40. The summed E-state index contributed by atoms with van der Waals surface area (Å²) in [6.07, 6.45) is 1.89. The zero-order valence-electron chi connectivity index (χ0n) is 12.8. The maximum Gasteiger partial charge on any atom is 0.267 e. The smallest absolute Gasteiger partial charge is 0.267 e. The predicted octanol–water partition coefficient (Wildman–Crippen LogP) is 2.95. The fourth-order valence-corrected chi connectivity index (χ4v) is 2.38. The second-order valence-corrected chi connectivity index (χ2v) is 5.18. The van der Waals surface area contributed by atoms with E-state index in [0.717, 1.165) is 18.5 Å². The first-order valence-electron chi connectivity index (χ1n) is 7.48. The molecule has 1 N–H and O–H groups in total. The number of unbranched alkanes of at least 4 members (excludes halogenated alkanes) is 1. The number of hydrogen-bond donors (Lipinski definition) is 1. The number of rotatable bonds is 5. The molecular weight excluding hydrogens is 268 g/mol. The first-order valence-corrected chi connectivity index (χ1v) is 7.48. The van der Waals surface area contributed by atoms with Gasteiger partial charge < -0.3 is 15.0 Å². The van der Waals surface area contributed by atoms with Crippen LogP contribution in [0.1, 0.15) is 40.0 Å². The first kappa shape index (κ1) is 15.4. The summed E-state index contributed by atoms with van der Waals surface area (Å²) in [6.45, 7) is 6.32. The van der Waals surface area contributed by atoms with Gasteiger partial charge in [0.05, 0.1) is 5.69 Å². The molecule has 1 unspecified atom stereocenters. The minimum Gasteiger partial charge on any atom is -0.479 e. The van der Waals surface area contributed by atoms with E-state index in [0.29, 0.717) is 24.4 Å². The SMILES string of the molecule is CCCCC(=O)Nc1ccc2c(c1)OC(C)C(=O)N2CC. The lowest BCUT2D eigenvalue weighted by atomic mass is 10.1. The molecule has 0 saturated carbocycles. The van der Waals surface area contributed by atoms with E-state index in [1.807, 2.05) is 13.0 Å². The molecule has 2 amide bonds. The number of nitrogens with zero attached hydrogens (tertiary/aromatic N) is 1. The Morgan fingerprint density at radius 3 is 2.81 bits per heavy atom. The normalized spacial score (nSPS) is 17.2. The van der Waals surface area contributed by atoms with Crippen LogP contribution in [0.25, 0.3) is 0 Å². The van der Waals surface area contributed by atoms with Crippen LogP contribution >= 0.6 is 0 Å². The van der Waals surface area contributed by atoms with Crippen molar-refractivity contribution in [1.82, 2.24) is 0 Å². The maximum absolute atomic E-state index is 12.0. The van der Waals surface area contributed by atoms with E-state index in [4.69, 9.17) is 4.74 Å². The fraction of sp³-hybridized carbons (Fsp3) is 0.500. The summed E-state index contributed by atoms with van der Waals surface area (Å²) in [7, 11) is 0. The highest BCUT2D eigenvalue weighted by Crippen LogP contribution is 2.36. The molecule has 2 rings (SSSR count). The molecule has 1 aliphatic heterocycles. The Bertz CT molecular complexity index is 542. The summed E-state index contributed by atoms with van der Waals surface area (Å²) in [4.78, 5) is 25.5. The van der Waals surface area contributed by atoms with Gasteiger partial charge in [-0.25, -0.2) is 0 Å². The summed E-state index contributed by atoms with van der Waals surface area (Å²) in [5, 5.41) is 2.86. The van der Waals surface area contributed by atoms with E-state index in [1.54, 1.807) is 24.0 Å². The number of hydrogen-bond acceptors (Lipinski definition) is 3. The summed E-state index contributed by atoms with van der Waals surface area (Å²) < 4.78 is 5.64. The number of ether oxygens (including phenoxy) is 1. The molecule has 114 valence electrons. The van der Waals surface area contributed by atoms with Crippen LogP contribution in [0.2, 0.25) is 0 Å². The molecule has 5 heteroatoms. The third-order valence-corrected chi connectivity index (χ3v) is 3.53. The van der Waals surface area contributed by atoms with Crippen molar-refractivity contribution in [2.45, 2.75) is 46.1 Å². The van der Waals surface area contributed by atoms with Gasteiger partial charge in [0.15, 0.2) is 6.10 Å². The van der Waals surface area contributed by atoms with Crippen LogP contribution in [0.4, 0.5) is 11.4 Å². The zero-order chi connectivity index (χ0) is 15.4. The lowest BCUT2D eigenvalue weighted by Crippen LogP contribution is -2.44. The molecule has 1 aromatic rings. The molecule has 0 radical (unpaired) electrons. The van der Waals surface area contributed by atoms with E-state index >= 15 is 0 Å². The molecule has 5 nitrogen and oxygen atoms in total. The molecule has 0 saturated heterocycles. The van der Waals surface area contributed by atoms with Gasteiger partial charge in [-0.05, 0) is 32.4 Å². The molecule has 0 aromatic heterocycles. The van der Waals surface area contributed by atoms with E-state index in [1.165, 1.54) is 0 Å². The molecule has 0 spiro atoms. The lowest BCUT2D eigenvalue weighted by Gasteiger charge is -2.32. The van der Waals surface area contributed by atoms with Crippen LogP contribution in [0.15, 0.2) is 18.2 Å². The van der Waals surface area contributed by atoms with Gasteiger partial charge in [-0.3, -0.25) is 9.59 Å². The van der Waals surface area contributed by atoms with Gasteiger partial charge in [-0.1, -0.05) is 13.3 Å². The Morgan fingerprint density at radius 2 is 2.14 bits per heavy atom. The van der Waals surface area contributed by atoms with Crippen molar-refractivity contribution >= 4 is 23.2 Å². The first-order chi connectivity index (χ1) is 10.1. The van der Waals surface area contributed by atoms with Crippen LogP contribution in [0.5, 0.6) is 5.75 Å². The number of benzene rings is 1. The molecule has 1 atom stereocenters. The van der Waals surface area contributed by atoms with Crippen LogP contribution in [-0.2, 0) is 9.59 Å². The highest BCUT2D eigenvalue weighted by molar-refractivity contribution is 6.00. The standard InChI is InChI=1S/C16H22N2O3/c1-4-6-7-15(19)17-12-8-9-13-14(10-12)21-11(3)16(20)18(13)5-2/h8-11H,4-7H2,1-3H3,(H,17,19). The van der Waals surface area contributed by atoms with Gasteiger partial charge in [0.25, 0.3) is 5.91 Å². The van der Waals surface area contributed by atoms with Crippen molar-refractivity contribution in [2.75, 3.05) is 16.8 Å². The van der Waals surface area contributed by atoms with Crippen molar-refractivity contribution < 1.29 is 14.3 Å². The Kier molecular flexibility index (Phi) is 4.83. The Balaban J connectivity index is 2.17. The van der Waals surface area contributed by atoms with Crippen molar-refractivity contribution in [2.24, 2.45) is 0 Å². The van der Waals surface area contributed by atoms with Crippen LogP contribution in [0.3, 0.4) is 0 Å². The van der Waals surface area contributed by atoms with Crippen LogP contribution in [-0.4, -0.2) is 24.5 Å². The van der Waals surface area contributed by atoms with Gasteiger partial charge in [-0.2, -0.15) is 0 Å². The van der Waals surface area contributed by atoms with Gasteiger partial charge in [0.1, 0.15) is 5.75 Å². The fourth-order valence-electron chi connectivity index (χ4n) is 2.38. The van der Waals surface area contributed by atoms with Crippen LogP contribution in [0, 0.1) is 0 Å². The second kappa shape index (κ2) is 6.61. The van der Waals surface area contributed by atoms with Gasteiger partial charge in [0, 0.05) is 24.7 Å². The molecular formula is C16H22N2O3. The summed E-state index contributed by atoms with van der Waals surface area (Å²) in [5.74, 6) is 0.603. The average Bonchev–Trinajstić information content (AvgIpc) is 2.46. The van der Waals surface area contributed by atoms with E-state index < -0.39 is 6.10 Å². The van der Waals surface area contributed by atoms with Gasteiger partial charge in [-0.15, -0.1) is 0 Å². The number of anilines is 2. The van der Waals surface area contributed by atoms with E-state index in [2.05, 4.69) is 12.2 Å². The number of likely N-dealkylation sites (N-methyl/N-ethyl adjacent to an activating group) is 1. The Hall–Kier alpha value is -2.04. The third-order valence-electron chi connectivity index (χ3n) is 3.53. The molecule has 0 fully saturated rings. The molecule has 0 bridgehead atoms. The minimum absolute atomic E-state index is 0.00378. The molecule has 1 heterocycles. The number of nitrogens with one attached hydrogen (secondary N) is 1. The Morgan fingerprint density at radius 1 is 1.38 bits per heavy atom. The number of carbonyl (C=O) groups excluding carboxylic acids is 2. The van der Waals surface area contributed by atoms with Crippen molar-refractivity contribution in [1.29, 1.82) is 0 Å². The second-order valence-electron chi connectivity index (χ2n) is 5.18. The summed E-state index contributed by atoms with van der Waals surface area (Å²) in [5.41, 5.74) is 1.46. The number of carbonyl (C=O) groups is 2. The summed E-state index contributed by atoms with van der Waals surface area (Å²) >= 11 is 0. The van der Waals surface area contributed by atoms with Crippen molar-refractivity contribution in [3.63, 3.8) is 0 Å². The Labute approximate surface area is 125 Å². The predicted molar refractivity (Wildman–Crippen MR) is 82.7 cm³/mol. The average molecular weight is 290 g/mol. The highest BCUT2D eigenvalue weighted by atomic mass is 16.5. The topological polar surface area (TPSA) is 58.6 Å². The monoisotopic (exact) mass is 290 g/mol. The lowest BCUT2D eigenvalue weighted by molar-refractivity contribution is -0.125. The van der Waals surface area contributed by atoms with Crippen molar-refractivity contribution in [3.8, 4) is 5.75 Å². The van der Waals surface area contributed by atoms with Crippen LogP contribution < -0.4 is 15.0 Å². The van der Waals surface area contributed by atoms with E-state index in [-0.39, 0.29) is 11.8 Å². The molecule has 1 aromatic carbocycles. The van der Waals surface area contributed by atoms with Gasteiger partial charge in [0.2, 0.25) is 5.91 Å². The zero-order valence-corrected chi connectivity index (χ0v) is 12.8. The van der Waals surface area contributed by atoms with Gasteiger partial charge >= 0.3 is 0 Å².